The van der Waals surface area contributed by atoms with Gasteiger partial charge in [-0.25, -0.2) is 8.42 Å². The Kier molecular flexibility index (Phi) is 3.78. The summed E-state index contributed by atoms with van der Waals surface area (Å²) in [6.45, 7) is 4.27. The van der Waals surface area contributed by atoms with Gasteiger partial charge in [-0.15, -0.1) is 0 Å². The molecule has 3 atom stereocenters. The highest BCUT2D eigenvalue weighted by Crippen LogP contribution is 2.51. The van der Waals surface area contributed by atoms with E-state index in [9.17, 15) is 8.42 Å². The first-order chi connectivity index (χ1) is 8.55. The van der Waals surface area contributed by atoms with Crippen LogP contribution in [0.1, 0.15) is 30.9 Å². The number of sulfone groups is 1. The van der Waals surface area contributed by atoms with Crippen LogP contribution in [-0.2, 0) is 16.3 Å². The lowest BCUT2D eigenvalue weighted by Crippen LogP contribution is -2.15. The number of nitrogens with two attached hydrogens (primary N) is 1. The molecular weight excluding hydrogens is 246 g/mol. The van der Waals surface area contributed by atoms with E-state index in [1.165, 1.54) is 5.56 Å². The van der Waals surface area contributed by atoms with Crippen molar-refractivity contribution in [3.05, 3.63) is 35.4 Å². The first-order valence-corrected chi connectivity index (χ1v) is 8.27. The van der Waals surface area contributed by atoms with Crippen molar-refractivity contribution in [3.8, 4) is 0 Å². The third kappa shape index (κ3) is 2.31. The van der Waals surface area contributed by atoms with E-state index in [1.54, 1.807) is 6.92 Å². The largest absolute Gasteiger partial charge is 0.330 e. The number of aryl methyl sites for hydroxylation is 1. The quantitative estimate of drug-likeness (QED) is 0.883. The molecule has 1 aromatic carbocycles. The normalized spacial score (nSPS) is 27.2. The highest BCUT2D eigenvalue weighted by Gasteiger charge is 2.56. The predicted molar refractivity (Wildman–Crippen MR) is 74.4 cm³/mol. The van der Waals surface area contributed by atoms with Gasteiger partial charge in [-0.1, -0.05) is 38.1 Å². The molecule has 1 aliphatic carbocycles. The van der Waals surface area contributed by atoms with Gasteiger partial charge in [0.25, 0.3) is 0 Å². The molecule has 0 spiro atoms. The van der Waals surface area contributed by atoms with Crippen LogP contribution in [-0.4, -0.2) is 26.0 Å². The third-order valence-corrected chi connectivity index (χ3v) is 6.24. The summed E-state index contributed by atoms with van der Waals surface area (Å²) >= 11 is 0. The van der Waals surface area contributed by atoms with E-state index in [2.05, 4.69) is 31.2 Å². The first kappa shape index (κ1) is 13.6. The Balaban J connectivity index is 2.23. The van der Waals surface area contributed by atoms with Crippen LogP contribution in [0.15, 0.2) is 24.3 Å². The molecule has 0 aliphatic heterocycles. The van der Waals surface area contributed by atoms with Crippen LogP contribution in [0, 0.1) is 5.92 Å². The smallest absolute Gasteiger partial charge is 0.153 e. The molecule has 1 aliphatic rings. The minimum atomic E-state index is -2.98. The van der Waals surface area contributed by atoms with E-state index in [-0.39, 0.29) is 22.8 Å². The summed E-state index contributed by atoms with van der Waals surface area (Å²) in [5.41, 5.74) is 8.09. The molecule has 1 fully saturated rings. The maximum Gasteiger partial charge on any atom is 0.153 e. The number of hydrogen-bond donors (Lipinski definition) is 1. The molecule has 2 N–H and O–H groups in total. The Morgan fingerprint density at radius 3 is 2.22 bits per heavy atom. The molecule has 0 bridgehead atoms. The minimum Gasteiger partial charge on any atom is -0.330 e. The van der Waals surface area contributed by atoms with Crippen LogP contribution < -0.4 is 5.73 Å². The zero-order valence-corrected chi connectivity index (χ0v) is 11.8. The second-order valence-electron chi connectivity index (χ2n) is 4.94. The number of benzene rings is 1. The molecular formula is C14H21NO2S. The van der Waals surface area contributed by atoms with Crippen LogP contribution in [0.4, 0.5) is 0 Å². The zero-order valence-electron chi connectivity index (χ0n) is 11.0. The highest BCUT2D eigenvalue weighted by atomic mass is 32.2. The van der Waals surface area contributed by atoms with Gasteiger partial charge in [0.1, 0.15) is 0 Å². The molecule has 2 rings (SSSR count). The lowest BCUT2D eigenvalue weighted by Gasteiger charge is -2.02. The molecule has 0 amide bonds. The highest BCUT2D eigenvalue weighted by molar-refractivity contribution is 7.92. The molecule has 18 heavy (non-hydrogen) atoms. The van der Waals surface area contributed by atoms with Crippen molar-refractivity contribution in [2.75, 3.05) is 12.3 Å². The predicted octanol–water partition coefficient (Wildman–Crippen LogP) is 1.72. The summed E-state index contributed by atoms with van der Waals surface area (Å²) in [4.78, 5) is 0. The van der Waals surface area contributed by atoms with Crippen LogP contribution in [0.5, 0.6) is 0 Å². The van der Waals surface area contributed by atoms with Crippen LogP contribution in [0.3, 0.4) is 0 Å². The average molecular weight is 267 g/mol. The molecule has 1 aromatic rings. The molecule has 3 unspecified atom stereocenters. The fourth-order valence-electron chi connectivity index (χ4n) is 2.72. The first-order valence-electron chi connectivity index (χ1n) is 6.55. The van der Waals surface area contributed by atoms with Crippen molar-refractivity contribution in [3.63, 3.8) is 0 Å². The lowest BCUT2D eigenvalue weighted by atomic mass is 10.1. The molecule has 0 aromatic heterocycles. The average Bonchev–Trinajstić information content (AvgIpc) is 3.14. The second-order valence-corrected chi connectivity index (χ2v) is 7.38. The van der Waals surface area contributed by atoms with Crippen molar-refractivity contribution in [2.45, 2.75) is 31.4 Å². The Hall–Kier alpha value is -0.870. The lowest BCUT2D eigenvalue weighted by molar-refractivity contribution is 0.593. The SMILES string of the molecule is CCc1ccc(C2C(CN)C2S(=O)(=O)CC)cc1. The topological polar surface area (TPSA) is 60.2 Å². The van der Waals surface area contributed by atoms with Gasteiger partial charge in [-0.2, -0.15) is 0 Å². The summed E-state index contributed by atoms with van der Waals surface area (Å²) in [5.74, 6) is 0.408. The van der Waals surface area contributed by atoms with Crippen molar-refractivity contribution in [1.82, 2.24) is 0 Å². The van der Waals surface area contributed by atoms with Crippen molar-refractivity contribution >= 4 is 9.84 Å². The van der Waals surface area contributed by atoms with Crippen LogP contribution in [0.2, 0.25) is 0 Å². The van der Waals surface area contributed by atoms with Crippen LogP contribution in [0.25, 0.3) is 0 Å². The van der Waals surface area contributed by atoms with Crippen molar-refractivity contribution in [2.24, 2.45) is 11.7 Å². The Morgan fingerprint density at radius 1 is 1.17 bits per heavy atom. The van der Waals surface area contributed by atoms with E-state index >= 15 is 0 Å². The molecule has 3 nitrogen and oxygen atoms in total. The van der Waals surface area contributed by atoms with Gasteiger partial charge in [0.15, 0.2) is 9.84 Å². The summed E-state index contributed by atoms with van der Waals surface area (Å²) in [7, 11) is -2.98. The van der Waals surface area contributed by atoms with Gasteiger partial charge in [0.05, 0.1) is 5.25 Å². The number of hydrogen-bond acceptors (Lipinski definition) is 3. The van der Waals surface area contributed by atoms with Gasteiger partial charge in [-0.05, 0) is 30.0 Å². The number of rotatable bonds is 5. The Bertz CT molecular complexity index is 507. The van der Waals surface area contributed by atoms with Crippen LogP contribution >= 0.6 is 0 Å². The Labute approximate surface area is 109 Å². The summed E-state index contributed by atoms with van der Waals surface area (Å²) in [5, 5.41) is -0.264. The maximum atomic E-state index is 12.0. The second kappa shape index (κ2) is 5.02. The van der Waals surface area contributed by atoms with E-state index in [0.29, 0.717) is 6.54 Å². The monoisotopic (exact) mass is 267 g/mol. The molecule has 100 valence electrons. The zero-order chi connectivity index (χ0) is 13.3. The minimum absolute atomic E-state index is 0.0995. The fourth-order valence-corrected chi connectivity index (χ4v) is 4.63. The molecule has 0 radical (unpaired) electrons. The fraction of sp³-hybridized carbons (Fsp3) is 0.571. The standard InChI is InChI=1S/C14H21NO2S/c1-3-10-5-7-11(8-6-10)13-12(9-15)14(13)18(16,17)4-2/h5-8,12-14H,3-4,9,15H2,1-2H3. The van der Waals surface area contributed by atoms with Crippen molar-refractivity contribution in [1.29, 1.82) is 0 Å². The summed E-state index contributed by atoms with van der Waals surface area (Å²) in [6.07, 6.45) is 1.00. The van der Waals surface area contributed by atoms with E-state index in [0.717, 1.165) is 12.0 Å². The van der Waals surface area contributed by atoms with Gasteiger partial charge in [0.2, 0.25) is 0 Å². The summed E-state index contributed by atoms with van der Waals surface area (Å²) in [6, 6.07) is 8.27. The van der Waals surface area contributed by atoms with Gasteiger partial charge in [-0.3, -0.25) is 0 Å². The van der Waals surface area contributed by atoms with E-state index in [4.69, 9.17) is 5.73 Å². The molecule has 1 saturated carbocycles. The van der Waals surface area contributed by atoms with Gasteiger partial charge < -0.3 is 5.73 Å². The third-order valence-electron chi connectivity index (χ3n) is 3.96. The van der Waals surface area contributed by atoms with Gasteiger partial charge in [0, 0.05) is 11.7 Å². The molecule has 4 heteroatoms. The van der Waals surface area contributed by atoms with E-state index < -0.39 is 9.84 Å². The van der Waals surface area contributed by atoms with Gasteiger partial charge >= 0.3 is 0 Å². The maximum absolute atomic E-state index is 12.0. The molecule has 0 heterocycles. The van der Waals surface area contributed by atoms with E-state index in [1.807, 2.05) is 0 Å². The summed E-state index contributed by atoms with van der Waals surface area (Å²) < 4.78 is 24.0. The molecule has 0 saturated heterocycles. The van der Waals surface area contributed by atoms with Crippen molar-refractivity contribution < 1.29 is 8.42 Å². The Morgan fingerprint density at radius 2 is 1.78 bits per heavy atom.